The Morgan fingerprint density at radius 1 is 1.60 bits per heavy atom. The first-order valence-corrected chi connectivity index (χ1v) is 5.21. The van der Waals surface area contributed by atoms with Crippen LogP contribution in [0.1, 0.15) is 30.3 Å². The van der Waals surface area contributed by atoms with Crippen LogP contribution < -0.4 is 5.73 Å². The summed E-state index contributed by atoms with van der Waals surface area (Å²) in [6.07, 6.45) is 3.69. The van der Waals surface area contributed by atoms with Crippen LogP contribution >= 0.6 is 0 Å². The number of carbonyl (C=O) groups is 1. The van der Waals surface area contributed by atoms with Gasteiger partial charge in [-0.3, -0.25) is 4.79 Å². The average Bonchev–Trinajstić information content (AvgIpc) is 2.65. The van der Waals surface area contributed by atoms with E-state index in [1.165, 1.54) is 6.20 Å². The van der Waals surface area contributed by atoms with Crippen LogP contribution in [0, 0.1) is 0 Å². The lowest BCUT2D eigenvalue weighted by atomic mass is 10.2. The van der Waals surface area contributed by atoms with Crippen LogP contribution in [0.15, 0.2) is 18.3 Å². The third-order valence-corrected chi connectivity index (χ3v) is 2.82. The normalized spacial score (nSPS) is 20.6. The highest BCUT2D eigenvalue weighted by molar-refractivity contribution is 5.92. The molecule has 4 heteroatoms. The van der Waals surface area contributed by atoms with Crippen molar-refractivity contribution in [1.29, 1.82) is 0 Å². The van der Waals surface area contributed by atoms with E-state index in [0.717, 1.165) is 19.4 Å². The molecule has 1 amide bonds. The molecule has 4 nitrogen and oxygen atoms in total. The molecule has 0 saturated carbocycles. The van der Waals surface area contributed by atoms with E-state index in [-0.39, 0.29) is 5.91 Å². The average molecular weight is 205 g/mol. The van der Waals surface area contributed by atoms with Crippen molar-refractivity contribution in [3.05, 3.63) is 24.0 Å². The molecular weight excluding hydrogens is 190 g/mol. The summed E-state index contributed by atoms with van der Waals surface area (Å²) in [5.74, 6) is 0.0139. The van der Waals surface area contributed by atoms with E-state index in [9.17, 15) is 4.79 Å². The monoisotopic (exact) mass is 205 g/mol. The van der Waals surface area contributed by atoms with Crippen LogP contribution in [0.25, 0.3) is 0 Å². The number of hydrogen-bond acceptors (Lipinski definition) is 3. The highest BCUT2D eigenvalue weighted by Crippen LogP contribution is 2.18. The largest absolute Gasteiger partial charge is 0.397 e. The first-order valence-electron chi connectivity index (χ1n) is 5.21. The molecule has 1 unspecified atom stereocenters. The SMILES string of the molecule is CC1CCCN1C(=O)c1ccc(N)cn1. The first kappa shape index (κ1) is 9.96. The molecule has 2 rings (SSSR count). The standard InChI is InChI=1S/C11H15N3O/c1-8-3-2-6-14(8)11(15)10-5-4-9(12)7-13-10/h4-5,7-8H,2-3,6,12H2,1H3. The fourth-order valence-electron chi connectivity index (χ4n) is 1.91. The van der Waals surface area contributed by atoms with Crippen molar-refractivity contribution in [3.8, 4) is 0 Å². The zero-order valence-corrected chi connectivity index (χ0v) is 8.81. The van der Waals surface area contributed by atoms with Gasteiger partial charge < -0.3 is 10.6 Å². The van der Waals surface area contributed by atoms with Gasteiger partial charge in [0.2, 0.25) is 0 Å². The topological polar surface area (TPSA) is 59.2 Å². The van der Waals surface area contributed by atoms with Crippen LogP contribution in [0.2, 0.25) is 0 Å². The number of nitrogens with zero attached hydrogens (tertiary/aromatic N) is 2. The van der Waals surface area contributed by atoms with Crippen molar-refractivity contribution in [3.63, 3.8) is 0 Å². The molecule has 0 radical (unpaired) electrons. The van der Waals surface area contributed by atoms with E-state index in [2.05, 4.69) is 11.9 Å². The lowest BCUT2D eigenvalue weighted by molar-refractivity contribution is 0.0741. The molecule has 80 valence electrons. The highest BCUT2D eigenvalue weighted by Gasteiger charge is 2.26. The minimum Gasteiger partial charge on any atom is -0.397 e. The van der Waals surface area contributed by atoms with Gasteiger partial charge in [-0.05, 0) is 31.9 Å². The molecule has 0 bridgehead atoms. The van der Waals surface area contributed by atoms with Crippen molar-refractivity contribution in [1.82, 2.24) is 9.88 Å². The summed E-state index contributed by atoms with van der Waals surface area (Å²) in [5, 5.41) is 0. The molecule has 1 atom stereocenters. The molecule has 1 fully saturated rings. The minimum atomic E-state index is 0.0139. The molecule has 1 aromatic rings. The lowest BCUT2D eigenvalue weighted by Crippen LogP contribution is -2.34. The van der Waals surface area contributed by atoms with E-state index >= 15 is 0 Å². The maximum absolute atomic E-state index is 12.0. The molecule has 2 N–H and O–H groups in total. The van der Waals surface area contributed by atoms with E-state index in [4.69, 9.17) is 5.73 Å². The summed E-state index contributed by atoms with van der Waals surface area (Å²) in [7, 11) is 0. The van der Waals surface area contributed by atoms with Gasteiger partial charge in [0.25, 0.3) is 5.91 Å². The van der Waals surface area contributed by atoms with Gasteiger partial charge in [0.1, 0.15) is 5.69 Å². The first-order chi connectivity index (χ1) is 7.18. The second-order valence-corrected chi connectivity index (χ2v) is 3.97. The molecule has 1 aliphatic heterocycles. The van der Waals surface area contributed by atoms with Crippen molar-refractivity contribution >= 4 is 11.6 Å². The number of rotatable bonds is 1. The molecular formula is C11H15N3O. The minimum absolute atomic E-state index is 0.0139. The van der Waals surface area contributed by atoms with Crippen LogP contribution in [-0.4, -0.2) is 28.4 Å². The van der Waals surface area contributed by atoms with E-state index < -0.39 is 0 Å². The summed E-state index contributed by atoms with van der Waals surface area (Å²) in [5.41, 5.74) is 6.59. The summed E-state index contributed by atoms with van der Waals surface area (Å²) in [6, 6.07) is 3.72. The number of pyridine rings is 1. The Morgan fingerprint density at radius 3 is 2.93 bits per heavy atom. The maximum Gasteiger partial charge on any atom is 0.272 e. The summed E-state index contributed by atoms with van der Waals surface area (Å²) < 4.78 is 0. The third-order valence-electron chi connectivity index (χ3n) is 2.82. The zero-order valence-electron chi connectivity index (χ0n) is 8.81. The second-order valence-electron chi connectivity index (χ2n) is 3.97. The van der Waals surface area contributed by atoms with Gasteiger partial charge in [0.05, 0.1) is 11.9 Å². The molecule has 1 saturated heterocycles. The molecule has 0 aromatic carbocycles. The maximum atomic E-state index is 12.0. The van der Waals surface area contributed by atoms with Gasteiger partial charge in [0, 0.05) is 12.6 Å². The molecule has 2 heterocycles. The fraction of sp³-hybridized carbons (Fsp3) is 0.455. The number of nitrogens with two attached hydrogens (primary N) is 1. The van der Waals surface area contributed by atoms with Crippen LogP contribution in [0.5, 0.6) is 0 Å². The van der Waals surface area contributed by atoms with Gasteiger partial charge in [0.15, 0.2) is 0 Å². The molecule has 15 heavy (non-hydrogen) atoms. The Morgan fingerprint density at radius 2 is 2.40 bits per heavy atom. The van der Waals surface area contributed by atoms with Crippen molar-refractivity contribution in [2.45, 2.75) is 25.8 Å². The fourth-order valence-corrected chi connectivity index (χ4v) is 1.91. The number of likely N-dealkylation sites (tertiary alicyclic amines) is 1. The predicted octanol–water partition coefficient (Wildman–Crippen LogP) is 1.29. The van der Waals surface area contributed by atoms with Crippen LogP contribution in [-0.2, 0) is 0 Å². The van der Waals surface area contributed by atoms with Crippen LogP contribution in [0.4, 0.5) is 5.69 Å². The molecule has 0 spiro atoms. The molecule has 1 aromatic heterocycles. The van der Waals surface area contributed by atoms with Crippen molar-refractivity contribution < 1.29 is 4.79 Å². The Kier molecular flexibility index (Phi) is 2.58. The van der Waals surface area contributed by atoms with Gasteiger partial charge in [-0.25, -0.2) is 4.98 Å². The van der Waals surface area contributed by atoms with Crippen molar-refractivity contribution in [2.75, 3.05) is 12.3 Å². The summed E-state index contributed by atoms with van der Waals surface area (Å²) in [4.78, 5) is 17.9. The van der Waals surface area contributed by atoms with Gasteiger partial charge in [-0.2, -0.15) is 0 Å². The Labute approximate surface area is 89.1 Å². The number of nitrogen functional groups attached to an aromatic ring is 1. The van der Waals surface area contributed by atoms with Gasteiger partial charge >= 0.3 is 0 Å². The van der Waals surface area contributed by atoms with Crippen molar-refractivity contribution in [2.24, 2.45) is 0 Å². The Hall–Kier alpha value is -1.58. The third kappa shape index (κ3) is 1.93. The van der Waals surface area contributed by atoms with E-state index in [0.29, 0.717) is 17.4 Å². The quantitative estimate of drug-likeness (QED) is 0.751. The van der Waals surface area contributed by atoms with Gasteiger partial charge in [-0.1, -0.05) is 0 Å². The Balaban J connectivity index is 2.17. The van der Waals surface area contributed by atoms with E-state index in [1.54, 1.807) is 12.1 Å². The number of anilines is 1. The van der Waals surface area contributed by atoms with Crippen LogP contribution in [0.3, 0.4) is 0 Å². The summed E-state index contributed by atoms with van der Waals surface area (Å²) >= 11 is 0. The number of aromatic nitrogens is 1. The molecule has 1 aliphatic rings. The lowest BCUT2D eigenvalue weighted by Gasteiger charge is -2.20. The highest BCUT2D eigenvalue weighted by atomic mass is 16.2. The predicted molar refractivity (Wildman–Crippen MR) is 58.4 cm³/mol. The number of hydrogen-bond donors (Lipinski definition) is 1. The molecule has 0 aliphatic carbocycles. The smallest absolute Gasteiger partial charge is 0.272 e. The second kappa shape index (κ2) is 3.88. The number of carbonyl (C=O) groups excluding carboxylic acids is 1. The van der Waals surface area contributed by atoms with Gasteiger partial charge in [-0.15, -0.1) is 0 Å². The summed E-state index contributed by atoms with van der Waals surface area (Å²) in [6.45, 7) is 2.91. The Bertz CT molecular complexity index is 361. The van der Waals surface area contributed by atoms with E-state index in [1.807, 2.05) is 4.90 Å². The zero-order chi connectivity index (χ0) is 10.8. The number of amides is 1.